The highest BCUT2D eigenvalue weighted by molar-refractivity contribution is 5.74. The van der Waals surface area contributed by atoms with E-state index in [4.69, 9.17) is 9.72 Å². The molecule has 0 unspecified atom stereocenters. The van der Waals surface area contributed by atoms with Crippen LogP contribution in [0.15, 0.2) is 60.8 Å². The molecule has 0 saturated heterocycles. The third-order valence-electron chi connectivity index (χ3n) is 3.44. The maximum Gasteiger partial charge on any atom is 0.152 e. The molecule has 0 amide bonds. The molecule has 0 radical (unpaired) electrons. The van der Waals surface area contributed by atoms with Crippen molar-refractivity contribution in [3.05, 3.63) is 60.8 Å². The van der Waals surface area contributed by atoms with Gasteiger partial charge in [-0.3, -0.25) is 0 Å². The molecule has 0 aliphatic heterocycles. The van der Waals surface area contributed by atoms with Gasteiger partial charge >= 0.3 is 0 Å². The van der Waals surface area contributed by atoms with Gasteiger partial charge in [0.1, 0.15) is 11.4 Å². The number of hydrogen-bond donors (Lipinski definition) is 1. The summed E-state index contributed by atoms with van der Waals surface area (Å²) in [4.78, 5) is 9.26. The molecule has 1 heterocycles. The minimum atomic E-state index is 0.754. The van der Waals surface area contributed by atoms with Gasteiger partial charge in [-0.1, -0.05) is 30.3 Å². The molecule has 0 spiro atoms. The molecule has 0 fully saturated rings. The van der Waals surface area contributed by atoms with Crippen molar-refractivity contribution in [2.75, 3.05) is 19.5 Å². The van der Waals surface area contributed by atoms with E-state index in [0.717, 1.165) is 34.1 Å². The SMILES string of the molecule is CNc1ncc(-c2ccccc2)nc1-c1ccc(OC)cc1. The second kappa shape index (κ2) is 6.26. The molecule has 0 bridgehead atoms. The standard InChI is InChI=1S/C18H17N3O/c1-19-18-17(14-8-10-15(22-2)11-9-14)21-16(12-20-18)13-6-4-3-5-7-13/h3-12H,1-2H3,(H,19,20). The minimum Gasteiger partial charge on any atom is -0.497 e. The fourth-order valence-electron chi connectivity index (χ4n) is 2.27. The third kappa shape index (κ3) is 2.76. The average Bonchev–Trinajstić information content (AvgIpc) is 2.62. The summed E-state index contributed by atoms with van der Waals surface area (Å²) < 4.78 is 5.20. The van der Waals surface area contributed by atoms with Gasteiger partial charge < -0.3 is 10.1 Å². The van der Waals surface area contributed by atoms with E-state index < -0.39 is 0 Å². The molecular formula is C18H17N3O. The van der Waals surface area contributed by atoms with Crippen LogP contribution < -0.4 is 10.1 Å². The van der Waals surface area contributed by atoms with Crippen LogP contribution in [0.25, 0.3) is 22.5 Å². The van der Waals surface area contributed by atoms with Crippen molar-refractivity contribution < 1.29 is 4.74 Å². The van der Waals surface area contributed by atoms with Gasteiger partial charge in [0.05, 0.1) is 19.0 Å². The van der Waals surface area contributed by atoms with Gasteiger partial charge in [0.2, 0.25) is 0 Å². The highest BCUT2D eigenvalue weighted by Crippen LogP contribution is 2.28. The van der Waals surface area contributed by atoms with E-state index in [2.05, 4.69) is 10.3 Å². The van der Waals surface area contributed by atoms with Gasteiger partial charge in [0, 0.05) is 18.2 Å². The first-order chi connectivity index (χ1) is 10.8. The fraction of sp³-hybridized carbons (Fsp3) is 0.111. The van der Waals surface area contributed by atoms with Gasteiger partial charge in [-0.15, -0.1) is 0 Å². The second-order valence-corrected chi connectivity index (χ2v) is 4.80. The Morgan fingerprint density at radius 1 is 0.909 bits per heavy atom. The van der Waals surface area contributed by atoms with E-state index in [0.29, 0.717) is 0 Å². The number of nitrogens with one attached hydrogen (secondary N) is 1. The van der Waals surface area contributed by atoms with E-state index in [-0.39, 0.29) is 0 Å². The molecule has 4 heteroatoms. The van der Waals surface area contributed by atoms with Crippen LogP contribution in [0, 0.1) is 0 Å². The van der Waals surface area contributed by atoms with Crippen LogP contribution in [0.3, 0.4) is 0 Å². The maximum absolute atomic E-state index is 5.20. The lowest BCUT2D eigenvalue weighted by Gasteiger charge is -2.10. The first-order valence-corrected chi connectivity index (χ1v) is 7.06. The Labute approximate surface area is 129 Å². The largest absolute Gasteiger partial charge is 0.497 e. The number of hydrogen-bond acceptors (Lipinski definition) is 4. The molecule has 4 nitrogen and oxygen atoms in total. The zero-order chi connectivity index (χ0) is 15.4. The summed E-state index contributed by atoms with van der Waals surface area (Å²) in [5.74, 6) is 1.58. The average molecular weight is 291 g/mol. The molecule has 110 valence electrons. The molecular weight excluding hydrogens is 274 g/mol. The van der Waals surface area contributed by atoms with Gasteiger partial charge in [-0.05, 0) is 24.3 Å². The van der Waals surface area contributed by atoms with Crippen molar-refractivity contribution in [3.8, 4) is 28.3 Å². The molecule has 0 aliphatic rings. The van der Waals surface area contributed by atoms with E-state index in [1.54, 1.807) is 13.3 Å². The minimum absolute atomic E-state index is 0.754. The Kier molecular flexibility index (Phi) is 4.01. The number of benzene rings is 2. The molecule has 0 atom stereocenters. The second-order valence-electron chi connectivity index (χ2n) is 4.80. The predicted octanol–water partition coefficient (Wildman–Crippen LogP) is 3.86. The quantitative estimate of drug-likeness (QED) is 0.793. The smallest absolute Gasteiger partial charge is 0.152 e. The lowest BCUT2D eigenvalue weighted by molar-refractivity contribution is 0.415. The summed E-state index contributed by atoms with van der Waals surface area (Å²) in [6, 6.07) is 17.9. The van der Waals surface area contributed by atoms with E-state index in [9.17, 15) is 0 Å². The van der Waals surface area contributed by atoms with Gasteiger partial charge in [-0.25, -0.2) is 9.97 Å². The number of rotatable bonds is 4. The molecule has 22 heavy (non-hydrogen) atoms. The lowest BCUT2D eigenvalue weighted by atomic mass is 10.1. The van der Waals surface area contributed by atoms with Crippen LogP contribution in [0.2, 0.25) is 0 Å². The van der Waals surface area contributed by atoms with E-state index in [1.807, 2.05) is 61.6 Å². The third-order valence-corrected chi connectivity index (χ3v) is 3.44. The molecule has 1 N–H and O–H groups in total. The normalized spacial score (nSPS) is 10.3. The Balaban J connectivity index is 2.08. The first-order valence-electron chi connectivity index (χ1n) is 7.06. The topological polar surface area (TPSA) is 47.0 Å². The summed E-state index contributed by atoms with van der Waals surface area (Å²) in [5, 5.41) is 3.10. The van der Waals surface area contributed by atoms with Crippen LogP contribution in [-0.2, 0) is 0 Å². The van der Waals surface area contributed by atoms with Gasteiger partial charge in [0.15, 0.2) is 5.82 Å². The molecule has 0 saturated carbocycles. The predicted molar refractivity (Wildman–Crippen MR) is 89.0 cm³/mol. The molecule has 1 aromatic heterocycles. The van der Waals surface area contributed by atoms with Crippen molar-refractivity contribution in [1.82, 2.24) is 9.97 Å². The zero-order valence-electron chi connectivity index (χ0n) is 12.6. The highest BCUT2D eigenvalue weighted by Gasteiger charge is 2.10. The summed E-state index contributed by atoms with van der Waals surface area (Å²) in [6.07, 6.45) is 1.79. The van der Waals surface area contributed by atoms with Crippen LogP contribution in [0.1, 0.15) is 0 Å². The van der Waals surface area contributed by atoms with Crippen molar-refractivity contribution >= 4 is 5.82 Å². The lowest BCUT2D eigenvalue weighted by Crippen LogP contribution is -1.99. The van der Waals surface area contributed by atoms with E-state index in [1.165, 1.54) is 0 Å². The van der Waals surface area contributed by atoms with Crippen molar-refractivity contribution in [1.29, 1.82) is 0 Å². The first kappa shape index (κ1) is 14.1. The fourth-order valence-corrected chi connectivity index (χ4v) is 2.27. The monoisotopic (exact) mass is 291 g/mol. The zero-order valence-corrected chi connectivity index (χ0v) is 12.6. The van der Waals surface area contributed by atoms with Crippen LogP contribution in [0.4, 0.5) is 5.82 Å². The maximum atomic E-state index is 5.20. The van der Waals surface area contributed by atoms with Crippen LogP contribution in [-0.4, -0.2) is 24.1 Å². The molecule has 0 aliphatic carbocycles. The Morgan fingerprint density at radius 2 is 1.64 bits per heavy atom. The molecule has 2 aromatic carbocycles. The van der Waals surface area contributed by atoms with Crippen LogP contribution >= 0.6 is 0 Å². The molecule has 3 rings (SSSR count). The van der Waals surface area contributed by atoms with Gasteiger partial charge in [0.25, 0.3) is 0 Å². The van der Waals surface area contributed by atoms with Crippen molar-refractivity contribution in [3.63, 3.8) is 0 Å². The number of methoxy groups -OCH3 is 1. The summed E-state index contributed by atoms with van der Waals surface area (Å²) in [5.41, 5.74) is 3.72. The Bertz CT molecular complexity index is 755. The van der Waals surface area contributed by atoms with Gasteiger partial charge in [-0.2, -0.15) is 0 Å². The number of aromatic nitrogens is 2. The van der Waals surface area contributed by atoms with Crippen molar-refractivity contribution in [2.45, 2.75) is 0 Å². The highest BCUT2D eigenvalue weighted by atomic mass is 16.5. The Morgan fingerprint density at radius 3 is 2.27 bits per heavy atom. The summed E-state index contributed by atoms with van der Waals surface area (Å²) >= 11 is 0. The molecule has 3 aromatic rings. The summed E-state index contributed by atoms with van der Waals surface area (Å²) in [7, 11) is 3.50. The number of nitrogens with zero attached hydrogens (tertiary/aromatic N) is 2. The number of ether oxygens (including phenoxy) is 1. The Hall–Kier alpha value is -2.88. The van der Waals surface area contributed by atoms with E-state index >= 15 is 0 Å². The van der Waals surface area contributed by atoms with Crippen molar-refractivity contribution in [2.24, 2.45) is 0 Å². The number of anilines is 1. The summed E-state index contributed by atoms with van der Waals surface area (Å²) in [6.45, 7) is 0. The van der Waals surface area contributed by atoms with Crippen LogP contribution in [0.5, 0.6) is 5.75 Å².